The van der Waals surface area contributed by atoms with E-state index < -0.39 is 6.61 Å². The van der Waals surface area contributed by atoms with E-state index in [1.807, 2.05) is 17.0 Å². The monoisotopic (exact) mass is 459 g/mol. The summed E-state index contributed by atoms with van der Waals surface area (Å²) in [6, 6.07) is 13.6. The number of hydrogen-bond donors (Lipinski definition) is 2. The summed E-state index contributed by atoms with van der Waals surface area (Å²) in [5.74, 6) is 0.822. The minimum Gasteiger partial charge on any atom is -0.435 e. The van der Waals surface area contributed by atoms with E-state index in [0.29, 0.717) is 36.1 Å². The van der Waals surface area contributed by atoms with E-state index in [1.54, 1.807) is 24.3 Å². The van der Waals surface area contributed by atoms with Crippen molar-refractivity contribution in [3.63, 3.8) is 0 Å². The molecule has 1 heterocycles. The van der Waals surface area contributed by atoms with Crippen LogP contribution in [0.1, 0.15) is 36.2 Å². The van der Waals surface area contributed by atoms with Gasteiger partial charge in [0.15, 0.2) is 0 Å². The number of hydrogen-bond acceptors (Lipinski definition) is 4. The van der Waals surface area contributed by atoms with Crippen LogP contribution in [-0.2, 0) is 11.2 Å². The number of carbonyl (C=O) groups excluding carboxylic acids is 2. The van der Waals surface area contributed by atoms with Crippen molar-refractivity contribution in [1.82, 2.24) is 10.2 Å². The summed E-state index contributed by atoms with van der Waals surface area (Å²) < 4.78 is 28.7. The van der Waals surface area contributed by atoms with Crippen LogP contribution in [-0.4, -0.2) is 49.5 Å². The molecule has 8 heteroatoms. The minimum atomic E-state index is -2.85. The van der Waals surface area contributed by atoms with Gasteiger partial charge in [-0.3, -0.25) is 9.59 Å². The van der Waals surface area contributed by atoms with Crippen molar-refractivity contribution in [3.05, 3.63) is 59.7 Å². The third-order valence-corrected chi connectivity index (χ3v) is 5.64. The van der Waals surface area contributed by atoms with Gasteiger partial charge >= 0.3 is 6.61 Å². The second-order valence-electron chi connectivity index (χ2n) is 8.68. The maximum absolute atomic E-state index is 13.1. The molecular formula is C25H31F2N3O3. The summed E-state index contributed by atoms with van der Waals surface area (Å²) in [6.45, 7) is 3.40. The molecule has 1 saturated heterocycles. The van der Waals surface area contributed by atoms with E-state index in [0.717, 1.165) is 25.1 Å². The lowest BCUT2D eigenvalue weighted by Crippen LogP contribution is -2.42. The number of likely N-dealkylation sites (tertiary alicyclic amines) is 1. The maximum Gasteiger partial charge on any atom is 0.387 e. The lowest BCUT2D eigenvalue weighted by atomic mass is 9.91. The van der Waals surface area contributed by atoms with Crippen LogP contribution in [0.4, 0.5) is 14.5 Å². The quantitative estimate of drug-likeness (QED) is 0.590. The Kier molecular flexibility index (Phi) is 8.63. The first kappa shape index (κ1) is 24.5. The van der Waals surface area contributed by atoms with E-state index in [9.17, 15) is 18.4 Å². The molecule has 1 aliphatic heterocycles. The van der Waals surface area contributed by atoms with Crippen molar-refractivity contribution in [3.8, 4) is 5.75 Å². The highest BCUT2D eigenvalue weighted by molar-refractivity contribution is 6.00. The van der Waals surface area contributed by atoms with Gasteiger partial charge in [-0.1, -0.05) is 38.1 Å². The Balaban J connectivity index is 1.48. The molecule has 3 rings (SSSR count). The Labute approximate surface area is 193 Å². The van der Waals surface area contributed by atoms with E-state index in [2.05, 4.69) is 29.2 Å². The molecule has 0 radical (unpaired) electrons. The average molecular weight is 460 g/mol. The van der Waals surface area contributed by atoms with Crippen molar-refractivity contribution in [1.29, 1.82) is 0 Å². The first-order valence-electron chi connectivity index (χ1n) is 11.2. The third-order valence-electron chi connectivity index (χ3n) is 5.64. The van der Waals surface area contributed by atoms with Crippen molar-refractivity contribution < 1.29 is 23.1 Å². The molecule has 0 saturated carbocycles. The van der Waals surface area contributed by atoms with Gasteiger partial charge in [0.25, 0.3) is 5.91 Å². The normalized spacial score (nSPS) is 18.2. The number of anilines is 1. The van der Waals surface area contributed by atoms with Crippen LogP contribution < -0.4 is 15.4 Å². The molecule has 1 fully saturated rings. The highest BCUT2D eigenvalue weighted by Crippen LogP contribution is 2.25. The predicted octanol–water partition coefficient (Wildman–Crippen LogP) is 4.18. The van der Waals surface area contributed by atoms with Crippen LogP contribution >= 0.6 is 0 Å². The summed E-state index contributed by atoms with van der Waals surface area (Å²) in [6.07, 6.45) is 1.68. The third kappa shape index (κ3) is 7.44. The van der Waals surface area contributed by atoms with E-state index in [4.69, 9.17) is 0 Å². The summed E-state index contributed by atoms with van der Waals surface area (Å²) in [4.78, 5) is 27.3. The number of amides is 2. The van der Waals surface area contributed by atoms with Gasteiger partial charge in [-0.25, -0.2) is 0 Å². The Bertz CT molecular complexity index is 927. The summed E-state index contributed by atoms with van der Waals surface area (Å²) in [7, 11) is 0. The molecule has 0 aromatic heterocycles. The van der Waals surface area contributed by atoms with Crippen LogP contribution in [0, 0.1) is 11.8 Å². The molecule has 2 aromatic carbocycles. The Morgan fingerprint density at radius 3 is 2.39 bits per heavy atom. The molecule has 2 atom stereocenters. The van der Waals surface area contributed by atoms with Crippen molar-refractivity contribution in [2.75, 3.05) is 31.5 Å². The Morgan fingerprint density at radius 1 is 1.06 bits per heavy atom. The zero-order valence-corrected chi connectivity index (χ0v) is 19.0. The van der Waals surface area contributed by atoms with Crippen molar-refractivity contribution in [2.45, 2.75) is 33.3 Å². The minimum absolute atomic E-state index is 0.0174. The zero-order valence-electron chi connectivity index (χ0n) is 19.0. The number of benzene rings is 2. The summed E-state index contributed by atoms with van der Waals surface area (Å²) >= 11 is 0. The summed E-state index contributed by atoms with van der Waals surface area (Å²) in [5, 5.41) is 5.91. The standard InChI is InChI=1S/C25H31F2N3O3/c1-17-13-18(2)16-30(15-17)24(32)21-5-3-4-6-22(21)29-14-23(31)28-12-11-19-7-9-20(10-8-19)33-25(26)27/h3-10,17-18,25,29H,11-16H2,1-2H3,(H,28,31). The molecule has 2 amide bonds. The van der Waals surface area contributed by atoms with Crippen molar-refractivity contribution >= 4 is 17.5 Å². The second-order valence-corrected chi connectivity index (χ2v) is 8.68. The predicted molar refractivity (Wildman–Crippen MR) is 124 cm³/mol. The van der Waals surface area contributed by atoms with Gasteiger partial charge in [0.1, 0.15) is 5.75 Å². The first-order chi connectivity index (χ1) is 15.8. The van der Waals surface area contributed by atoms with Gasteiger partial charge in [0.2, 0.25) is 5.91 Å². The fourth-order valence-electron chi connectivity index (χ4n) is 4.24. The van der Waals surface area contributed by atoms with Crippen LogP contribution in [0.3, 0.4) is 0 Å². The van der Waals surface area contributed by atoms with Gasteiger partial charge in [0.05, 0.1) is 12.1 Å². The number of carbonyl (C=O) groups is 2. The van der Waals surface area contributed by atoms with Crippen LogP contribution in [0.25, 0.3) is 0 Å². The smallest absolute Gasteiger partial charge is 0.387 e. The van der Waals surface area contributed by atoms with E-state index in [1.165, 1.54) is 12.1 Å². The molecular weight excluding hydrogens is 428 g/mol. The van der Waals surface area contributed by atoms with Gasteiger partial charge in [0, 0.05) is 25.3 Å². The van der Waals surface area contributed by atoms with E-state index in [-0.39, 0.29) is 24.1 Å². The van der Waals surface area contributed by atoms with E-state index >= 15 is 0 Å². The number of ether oxygens (including phenoxy) is 1. The first-order valence-corrected chi connectivity index (χ1v) is 11.2. The van der Waals surface area contributed by atoms with Gasteiger partial charge in [-0.05, 0) is 54.5 Å². The molecule has 2 aromatic rings. The largest absolute Gasteiger partial charge is 0.435 e. The fraction of sp³-hybridized carbons (Fsp3) is 0.440. The summed E-state index contributed by atoms with van der Waals surface area (Å²) in [5.41, 5.74) is 2.10. The highest BCUT2D eigenvalue weighted by Gasteiger charge is 2.27. The highest BCUT2D eigenvalue weighted by atomic mass is 19.3. The van der Waals surface area contributed by atoms with Crippen LogP contribution in [0.5, 0.6) is 5.75 Å². The maximum atomic E-state index is 13.1. The average Bonchev–Trinajstić information content (AvgIpc) is 2.77. The number of nitrogens with one attached hydrogen (secondary N) is 2. The van der Waals surface area contributed by atoms with Gasteiger partial charge < -0.3 is 20.3 Å². The van der Waals surface area contributed by atoms with Gasteiger partial charge in [-0.2, -0.15) is 8.78 Å². The number of piperidine rings is 1. The molecule has 6 nitrogen and oxygen atoms in total. The van der Waals surface area contributed by atoms with Crippen LogP contribution in [0.2, 0.25) is 0 Å². The molecule has 2 unspecified atom stereocenters. The number of rotatable bonds is 9. The lowest BCUT2D eigenvalue weighted by Gasteiger charge is -2.35. The molecule has 0 spiro atoms. The van der Waals surface area contributed by atoms with Crippen LogP contribution in [0.15, 0.2) is 48.5 Å². The topological polar surface area (TPSA) is 70.7 Å². The van der Waals surface area contributed by atoms with Gasteiger partial charge in [-0.15, -0.1) is 0 Å². The lowest BCUT2D eigenvalue weighted by molar-refractivity contribution is -0.119. The zero-order chi connectivity index (χ0) is 23.8. The molecule has 0 bridgehead atoms. The number of nitrogens with zero attached hydrogens (tertiary/aromatic N) is 1. The Hall–Kier alpha value is -3.16. The molecule has 178 valence electrons. The number of para-hydroxylation sites is 1. The SMILES string of the molecule is CC1CC(C)CN(C(=O)c2ccccc2NCC(=O)NCCc2ccc(OC(F)F)cc2)C1. The second kappa shape index (κ2) is 11.6. The molecule has 0 aliphatic carbocycles. The molecule has 33 heavy (non-hydrogen) atoms. The number of halogens is 2. The van der Waals surface area contributed by atoms with Crippen molar-refractivity contribution in [2.24, 2.45) is 11.8 Å². The molecule has 1 aliphatic rings. The number of alkyl halides is 2. The molecule has 2 N–H and O–H groups in total. The Morgan fingerprint density at radius 2 is 1.73 bits per heavy atom. The fourth-order valence-corrected chi connectivity index (χ4v) is 4.24.